The predicted octanol–water partition coefficient (Wildman–Crippen LogP) is 2.73. The molecule has 1 heterocycles. The summed E-state index contributed by atoms with van der Waals surface area (Å²) in [5.74, 6) is -0.0492. The smallest absolute Gasteiger partial charge is 0.330 e. The topological polar surface area (TPSA) is 189 Å². The minimum atomic E-state index is -4.07. The van der Waals surface area contributed by atoms with Crippen molar-refractivity contribution in [1.29, 1.82) is 0 Å². The largest absolute Gasteiger partial charge is 0.395 e. The Morgan fingerprint density at radius 1 is 0.854 bits per heavy atom. The summed E-state index contributed by atoms with van der Waals surface area (Å²) in [6.07, 6.45) is 11.9. The Morgan fingerprint density at radius 2 is 1.41 bits per heavy atom. The van der Waals surface area contributed by atoms with E-state index in [1.54, 1.807) is 0 Å². The van der Waals surface area contributed by atoms with Gasteiger partial charge in [-0.05, 0) is 32.1 Å². The van der Waals surface area contributed by atoms with Gasteiger partial charge in [-0.2, -0.15) is 0 Å². The molecule has 0 aromatic carbocycles. The Bertz CT molecular complexity index is 718. The second kappa shape index (κ2) is 22.9. The number of nitrogens with one attached hydrogen (secondary N) is 2. The van der Waals surface area contributed by atoms with Crippen molar-refractivity contribution in [1.82, 2.24) is 10.6 Å². The number of aliphatic hydroxyl groups is 5. The van der Waals surface area contributed by atoms with Crippen molar-refractivity contribution in [3.8, 4) is 0 Å². The summed E-state index contributed by atoms with van der Waals surface area (Å²) >= 11 is 0. The summed E-state index contributed by atoms with van der Waals surface area (Å²) in [5, 5.41) is 54.7. The Hall–Kier alpha value is -0.620. The zero-order valence-corrected chi connectivity index (χ0v) is 26.1. The number of amides is 1. The maximum absolute atomic E-state index is 12.2. The lowest BCUT2D eigenvalue weighted by Gasteiger charge is -2.21. The second-order valence-electron chi connectivity index (χ2n) is 11.7. The van der Waals surface area contributed by atoms with E-state index in [4.69, 9.17) is 4.52 Å². The van der Waals surface area contributed by atoms with Gasteiger partial charge in [0.05, 0.1) is 49.8 Å². The molecule has 8 N–H and O–H groups in total. The highest BCUT2D eigenvalue weighted by atomic mass is 31.2. The van der Waals surface area contributed by atoms with Crippen LogP contribution in [0.2, 0.25) is 0 Å². The van der Waals surface area contributed by atoms with Crippen LogP contribution in [0.15, 0.2) is 0 Å². The maximum Gasteiger partial charge on any atom is 0.330 e. The number of rotatable bonds is 26. The zero-order chi connectivity index (χ0) is 30.5. The number of carbonyl (C=O) groups excluding carboxylic acids is 1. The molecule has 1 fully saturated rings. The number of unbranched alkanes of at least 4 members (excludes halogenated alkanes) is 10. The third-order valence-electron chi connectivity index (χ3n) is 7.79. The van der Waals surface area contributed by atoms with Crippen LogP contribution in [0.1, 0.15) is 116 Å². The standard InChI is InChI=1S/C29H59N2O9P/c1-2-3-4-11-15-23(33)16-12-9-7-5-6-8-10-13-17-27(35)30-18-14-19-40-41(38,39)22-24(34)20-25-28(36)29(37)26(21-32)31-25/h23-26,28-29,31-34,36-37H,2-22H2,1H3,(H,30,35)(H,38,39)/t23?,24-,25-,26-,28-,29-/m1/s1. The van der Waals surface area contributed by atoms with E-state index in [9.17, 15) is 39.8 Å². The van der Waals surface area contributed by atoms with Crippen molar-refractivity contribution in [3.05, 3.63) is 0 Å². The minimum Gasteiger partial charge on any atom is -0.395 e. The molecule has 11 nitrogen and oxygen atoms in total. The summed E-state index contributed by atoms with van der Waals surface area (Å²) in [6, 6.07) is -1.43. The molecule has 2 unspecified atom stereocenters. The Morgan fingerprint density at radius 3 is 2.00 bits per heavy atom. The van der Waals surface area contributed by atoms with Gasteiger partial charge in [0.25, 0.3) is 0 Å². The first-order valence-corrected chi connectivity index (χ1v) is 17.7. The van der Waals surface area contributed by atoms with Crippen LogP contribution >= 0.6 is 7.60 Å². The van der Waals surface area contributed by atoms with Gasteiger partial charge in [0, 0.05) is 19.0 Å². The van der Waals surface area contributed by atoms with Crippen molar-refractivity contribution < 1.29 is 44.3 Å². The van der Waals surface area contributed by atoms with Gasteiger partial charge in [0.1, 0.15) is 0 Å². The van der Waals surface area contributed by atoms with Crippen LogP contribution in [0.5, 0.6) is 0 Å². The first kappa shape index (κ1) is 38.4. The number of hydrogen-bond donors (Lipinski definition) is 8. The quantitative estimate of drug-likeness (QED) is 0.0534. The van der Waals surface area contributed by atoms with E-state index in [0.29, 0.717) is 19.4 Å². The highest BCUT2D eigenvalue weighted by molar-refractivity contribution is 7.52. The molecule has 0 radical (unpaired) electrons. The molecular formula is C29H59N2O9P. The SMILES string of the molecule is CCCCCCC(O)CCCCCCCCCCC(=O)NCCCOP(=O)(O)C[C@H](O)C[C@H]1N[C@H](CO)[C@@H](O)[C@@H]1O. The first-order chi connectivity index (χ1) is 19.6. The lowest BCUT2D eigenvalue weighted by molar-refractivity contribution is -0.121. The lowest BCUT2D eigenvalue weighted by Crippen LogP contribution is -2.38. The molecule has 41 heavy (non-hydrogen) atoms. The number of hydrogen-bond acceptors (Lipinski definition) is 9. The van der Waals surface area contributed by atoms with Crippen LogP contribution in [-0.4, -0.2) is 98.8 Å². The highest BCUT2D eigenvalue weighted by Gasteiger charge is 2.41. The molecule has 0 aromatic rings. The summed E-state index contributed by atoms with van der Waals surface area (Å²) in [4.78, 5) is 22.0. The molecule has 1 rings (SSSR count). The molecule has 7 atom stereocenters. The van der Waals surface area contributed by atoms with Crippen molar-refractivity contribution in [2.45, 2.75) is 153 Å². The van der Waals surface area contributed by atoms with Crippen LogP contribution in [-0.2, 0) is 13.9 Å². The lowest BCUT2D eigenvalue weighted by atomic mass is 10.0. The van der Waals surface area contributed by atoms with E-state index >= 15 is 0 Å². The molecule has 0 saturated carbocycles. The molecule has 1 aliphatic rings. The van der Waals surface area contributed by atoms with Crippen molar-refractivity contribution in [2.24, 2.45) is 0 Å². The van der Waals surface area contributed by atoms with Crippen molar-refractivity contribution >= 4 is 13.5 Å². The van der Waals surface area contributed by atoms with E-state index < -0.39 is 44.2 Å². The Labute approximate surface area is 247 Å². The van der Waals surface area contributed by atoms with Gasteiger partial charge in [-0.25, -0.2) is 0 Å². The molecular weight excluding hydrogens is 551 g/mol. The van der Waals surface area contributed by atoms with E-state index in [0.717, 1.165) is 51.4 Å². The fraction of sp³-hybridized carbons (Fsp3) is 0.966. The highest BCUT2D eigenvalue weighted by Crippen LogP contribution is 2.43. The molecule has 1 aliphatic heterocycles. The van der Waals surface area contributed by atoms with Gasteiger partial charge >= 0.3 is 7.60 Å². The zero-order valence-electron chi connectivity index (χ0n) is 25.2. The molecule has 1 amide bonds. The summed E-state index contributed by atoms with van der Waals surface area (Å²) < 4.78 is 17.3. The normalized spacial score (nSPS) is 23.8. The van der Waals surface area contributed by atoms with E-state index in [1.165, 1.54) is 38.5 Å². The molecule has 0 aromatic heterocycles. The van der Waals surface area contributed by atoms with E-state index in [2.05, 4.69) is 17.6 Å². The average molecular weight is 611 g/mol. The van der Waals surface area contributed by atoms with Crippen LogP contribution in [0.4, 0.5) is 0 Å². The van der Waals surface area contributed by atoms with Gasteiger partial charge < -0.3 is 45.6 Å². The fourth-order valence-corrected chi connectivity index (χ4v) is 6.48. The second-order valence-corrected chi connectivity index (χ2v) is 13.6. The van der Waals surface area contributed by atoms with Gasteiger partial charge in [-0.3, -0.25) is 9.36 Å². The van der Waals surface area contributed by atoms with E-state index in [1.807, 2.05) is 0 Å². The molecule has 0 spiro atoms. The Balaban J connectivity index is 1.96. The number of aliphatic hydroxyl groups excluding tert-OH is 5. The van der Waals surface area contributed by atoms with Crippen LogP contribution in [0.25, 0.3) is 0 Å². The van der Waals surface area contributed by atoms with Gasteiger partial charge in [0.2, 0.25) is 5.91 Å². The third-order valence-corrected chi connectivity index (χ3v) is 9.25. The molecule has 0 bridgehead atoms. The van der Waals surface area contributed by atoms with Crippen molar-refractivity contribution in [2.75, 3.05) is 25.9 Å². The minimum absolute atomic E-state index is 0.0473. The molecule has 12 heteroatoms. The summed E-state index contributed by atoms with van der Waals surface area (Å²) in [6.45, 7) is 2.10. The first-order valence-electron chi connectivity index (χ1n) is 15.9. The summed E-state index contributed by atoms with van der Waals surface area (Å²) in [7, 11) is -4.07. The van der Waals surface area contributed by atoms with Gasteiger partial charge in [-0.1, -0.05) is 77.6 Å². The van der Waals surface area contributed by atoms with Gasteiger partial charge in [-0.15, -0.1) is 0 Å². The monoisotopic (exact) mass is 610 g/mol. The molecule has 244 valence electrons. The van der Waals surface area contributed by atoms with Crippen LogP contribution in [0, 0.1) is 0 Å². The predicted molar refractivity (Wildman–Crippen MR) is 160 cm³/mol. The van der Waals surface area contributed by atoms with Crippen molar-refractivity contribution in [3.63, 3.8) is 0 Å². The molecule has 1 saturated heterocycles. The fourth-order valence-electron chi connectivity index (χ4n) is 5.28. The van der Waals surface area contributed by atoms with Crippen LogP contribution < -0.4 is 10.6 Å². The Kier molecular flexibility index (Phi) is 21.4. The average Bonchev–Trinajstić information content (AvgIpc) is 3.19. The third kappa shape index (κ3) is 18.6. The van der Waals surface area contributed by atoms with Gasteiger partial charge in [0.15, 0.2) is 0 Å². The maximum atomic E-state index is 12.2. The molecule has 0 aliphatic carbocycles. The summed E-state index contributed by atoms with van der Waals surface area (Å²) in [5.41, 5.74) is 0. The van der Waals surface area contributed by atoms with E-state index in [-0.39, 0.29) is 31.6 Å². The number of carbonyl (C=O) groups is 1. The van der Waals surface area contributed by atoms with Crippen LogP contribution in [0.3, 0.4) is 0 Å².